The number of hydrogen-bond acceptors (Lipinski definition) is 6. The Bertz CT molecular complexity index is 591. The lowest BCUT2D eigenvalue weighted by Gasteiger charge is -2.05. The quantitative estimate of drug-likeness (QED) is 0.603. The Morgan fingerprint density at radius 2 is 2.18 bits per heavy atom. The Hall–Kier alpha value is -2.51. The van der Waals surface area contributed by atoms with Crippen molar-refractivity contribution in [1.82, 2.24) is 19.7 Å². The first-order valence-electron chi connectivity index (χ1n) is 4.77. The minimum absolute atomic E-state index is 0.00398. The van der Waals surface area contributed by atoms with Gasteiger partial charge in [-0.25, -0.2) is 9.97 Å². The highest BCUT2D eigenvalue weighted by Crippen LogP contribution is 2.29. The van der Waals surface area contributed by atoms with E-state index >= 15 is 0 Å². The van der Waals surface area contributed by atoms with Crippen LogP contribution in [0.1, 0.15) is 5.69 Å². The van der Waals surface area contributed by atoms with Crippen molar-refractivity contribution in [3.63, 3.8) is 0 Å². The molecule has 2 aromatic rings. The third-order valence-electron chi connectivity index (χ3n) is 2.32. The lowest BCUT2D eigenvalue weighted by atomic mass is 10.2. The van der Waals surface area contributed by atoms with Crippen molar-refractivity contribution in [2.45, 2.75) is 6.92 Å². The molecule has 0 atom stereocenters. The van der Waals surface area contributed by atoms with Crippen LogP contribution in [0.2, 0.25) is 0 Å². The molecule has 0 radical (unpaired) electrons. The van der Waals surface area contributed by atoms with E-state index in [-0.39, 0.29) is 23.0 Å². The summed E-state index contributed by atoms with van der Waals surface area (Å²) in [5, 5.41) is 15.0. The summed E-state index contributed by atoms with van der Waals surface area (Å²) < 4.78 is 1.49. The fourth-order valence-corrected chi connectivity index (χ4v) is 1.59. The van der Waals surface area contributed by atoms with Crippen LogP contribution in [0.15, 0.2) is 12.3 Å². The topological polar surface area (TPSA) is 113 Å². The van der Waals surface area contributed by atoms with Gasteiger partial charge in [0.15, 0.2) is 5.69 Å². The monoisotopic (exact) mass is 234 g/mol. The van der Waals surface area contributed by atoms with Crippen molar-refractivity contribution in [2.24, 2.45) is 7.05 Å². The average molecular weight is 234 g/mol. The van der Waals surface area contributed by atoms with Gasteiger partial charge in [-0.05, 0) is 13.0 Å². The molecular weight excluding hydrogens is 224 g/mol. The summed E-state index contributed by atoms with van der Waals surface area (Å²) >= 11 is 0. The molecule has 0 bridgehead atoms. The Balaban J connectivity index is 2.76. The molecule has 2 rings (SSSR count). The minimum Gasteiger partial charge on any atom is -0.368 e. The van der Waals surface area contributed by atoms with Crippen LogP contribution in [0.5, 0.6) is 0 Å². The van der Waals surface area contributed by atoms with Gasteiger partial charge < -0.3 is 5.73 Å². The third-order valence-corrected chi connectivity index (χ3v) is 2.32. The highest BCUT2D eigenvalue weighted by Gasteiger charge is 2.24. The molecule has 0 aliphatic heterocycles. The number of anilines is 1. The summed E-state index contributed by atoms with van der Waals surface area (Å²) in [5.41, 5.74) is 6.30. The van der Waals surface area contributed by atoms with Crippen molar-refractivity contribution >= 4 is 11.6 Å². The van der Waals surface area contributed by atoms with Crippen LogP contribution in [0.3, 0.4) is 0 Å². The van der Waals surface area contributed by atoms with Crippen molar-refractivity contribution in [1.29, 1.82) is 0 Å². The second kappa shape index (κ2) is 3.81. The zero-order chi connectivity index (χ0) is 12.6. The van der Waals surface area contributed by atoms with Gasteiger partial charge in [-0.2, -0.15) is 5.10 Å². The predicted octanol–water partition coefficient (Wildman–Crippen LogP) is 0.676. The summed E-state index contributed by atoms with van der Waals surface area (Å²) in [7, 11) is 1.67. The molecular formula is C9H10N6O2. The number of aryl methyl sites for hydroxylation is 2. The smallest absolute Gasteiger partial charge is 0.318 e. The zero-order valence-corrected chi connectivity index (χ0v) is 9.28. The molecule has 0 amide bonds. The Morgan fingerprint density at radius 3 is 2.71 bits per heavy atom. The van der Waals surface area contributed by atoms with Gasteiger partial charge in [-0.1, -0.05) is 0 Å². The van der Waals surface area contributed by atoms with Crippen molar-refractivity contribution in [3.05, 3.63) is 28.1 Å². The molecule has 2 N–H and O–H groups in total. The lowest BCUT2D eigenvalue weighted by molar-refractivity contribution is -0.385. The van der Waals surface area contributed by atoms with Gasteiger partial charge >= 0.3 is 5.69 Å². The number of nitro groups is 1. The molecule has 88 valence electrons. The molecule has 8 heteroatoms. The summed E-state index contributed by atoms with van der Waals surface area (Å²) in [4.78, 5) is 18.2. The highest BCUT2D eigenvalue weighted by molar-refractivity contribution is 5.68. The number of nitrogen functional groups attached to an aromatic ring is 1. The third kappa shape index (κ3) is 1.80. The predicted molar refractivity (Wildman–Crippen MR) is 60.0 cm³/mol. The van der Waals surface area contributed by atoms with Gasteiger partial charge in [0.1, 0.15) is 5.69 Å². The van der Waals surface area contributed by atoms with E-state index in [1.54, 1.807) is 13.1 Å². The first-order chi connectivity index (χ1) is 8.00. The van der Waals surface area contributed by atoms with E-state index in [9.17, 15) is 10.1 Å². The molecule has 17 heavy (non-hydrogen) atoms. The fourth-order valence-electron chi connectivity index (χ4n) is 1.59. The zero-order valence-electron chi connectivity index (χ0n) is 9.28. The molecule has 0 spiro atoms. The summed E-state index contributed by atoms with van der Waals surface area (Å²) in [6.45, 7) is 1.52. The summed E-state index contributed by atoms with van der Waals surface area (Å²) in [5.74, 6) is 0.00398. The largest absolute Gasteiger partial charge is 0.368 e. The van der Waals surface area contributed by atoms with Crippen LogP contribution in [0.4, 0.5) is 11.6 Å². The molecule has 8 nitrogen and oxygen atoms in total. The van der Waals surface area contributed by atoms with E-state index < -0.39 is 4.92 Å². The van der Waals surface area contributed by atoms with Crippen LogP contribution in [-0.4, -0.2) is 24.7 Å². The molecule has 0 unspecified atom stereocenters. The van der Waals surface area contributed by atoms with Crippen LogP contribution < -0.4 is 5.73 Å². The molecule has 0 aromatic carbocycles. The molecule has 0 saturated carbocycles. The van der Waals surface area contributed by atoms with E-state index in [4.69, 9.17) is 5.73 Å². The van der Waals surface area contributed by atoms with Gasteiger partial charge in [0.25, 0.3) is 0 Å². The van der Waals surface area contributed by atoms with E-state index in [1.165, 1.54) is 17.8 Å². The Morgan fingerprint density at radius 1 is 1.47 bits per heavy atom. The molecule has 0 aliphatic rings. The van der Waals surface area contributed by atoms with Gasteiger partial charge in [0.05, 0.1) is 10.6 Å². The van der Waals surface area contributed by atoms with Gasteiger partial charge in [0.2, 0.25) is 5.95 Å². The maximum Gasteiger partial charge on any atom is 0.318 e. The molecule has 0 aliphatic carbocycles. The molecule has 0 saturated heterocycles. The first-order valence-corrected chi connectivity index (χ1v) is 4.77. The summed E-state index contributed by atoms with van der Waals surface area (Å²) in [6.07, 6.45) is 1.53. The second-order valence-electron chi connectivity index (χ2n) is 3.46. The highest BCUT2D eigenvalue weighted by atomic mass is 16.6. The van der Waals surface area contributed by atoms with Crippen molar-refractivity contribution in [2.75, 3.05) is 5.73 Å². The standard InChI is InChI=1S/C9H10N6O2/c1-5-8(15(16)17)7(13-9(10)12-5)6-3-4-11-14(6)2/h3-4H,1-2H3,(H2,10,12,13). The van der Waals surface area contributed by atoms with E-state index in [2.05, 4.69) is 15.1 Å². The van der Waals surface area contributed by atoms with E-state index in [0.717, 1.165) is 0 Å². The molecule has 2 heterocycles. The number of nitrogens with two attached hydrogens (primary N) is 1. The number of hydrogen-bond donors (Lipinski definition) is 1. The van der Waals surface area contributed by atoms with Crippen LogP contribution in [0.25, 0.3) is 11.4 Å². The van der Waals surface area contributed by atoms with Crippen LogP contribution in [0, 0.1) is 17.0 Å². The summed E-state index contributed by atoms with van der Waals surface area (Å²) in [6, 6.07) is 1.63. The fraction of sp³-hybridized carbons (Fsp3) is 0.222. The Kier molecular flexibility index (Phi) is 2.47. The average Bonchev–Trinajstić information content (AvgIpc) is 2.62. The van der Waals surface area contributed by atoms with Crippen molar-refractivity contribution in [3.8, 4) is 11.4 Å². The second-order valence-corrected chi connectivity index (χ2v) is 3.46. The molecule has 0 fully saturated rings. The van der Waals surface area contributed by atoms with Crippen molar-refractivity contribution < 1.29 is 4.92 Å². The van der Waals surface area contributed by atoms with Crippen LogP contribution in [-0.2, 0) is 7.05 Å². The normalized spacial score (nSPS) is 10.5. The van der Waals surface area contributed by atoms with Crippen LogP contribution >= 0.6 is 0 Å². The number of rotatable bonds is 2. The maximum absolute atomic E-state index is 11.0. The first kappa shape index (κ1) is 11.0. The van der Waals surface area contributed by atoms with E-state index in [0.29, 0.717) is 5.69 Å². The lowest BCUT2D eigenvalue weighted by Crippen LogP contribution is -2.06. The number of aromatic nitrogens is 4. The van der Waals surface area contributed by atoms with Gasteiger partial charge in [-0.3, -0.25) is 14.8 Å². The SMILES string of the molecule is Cc1nc(N)nc(-c2ccnn2C)c1[N+](=O)[O-]. The minimum atomic E-state index is -0.517. The van der Waals surface area contributed by atoms with Gasteiger partial charge in [0, 0.05) is 13.2 Å². The van der Waals surface area contributed by atoms with Gasteiger partial charge in [-0.15, -0.1) is 0 Å². The van der Waals surface area contributed by atoms with E-state index in [1.807, 2.05) is 0 Å². The maximum atomic E-state index is 11.0. The molecule has 2 aromatic heterocycles. The number of nitrogens with zero attached hydrogens (tertiary/aromatic N) is 5. The Labute approximate surface area is 96.3 Å².